The van der Waals surface area contributed by atoms with Crippen molar-refractivity contribution < 1.29 is 24.7 Å². The maximum atomic E-state index is 11.8. The van der Waals surface area contributed by atoms with Gasteiger partial charge in [-0.3, -0.25) is 10.1 Å². The van der Waals surface area contributed by atoms with Crippen molar-refractivity contribution in [2.45, 2.75) is 129 Å². The minimum absolute atomic E-state index is 0.353. The summed E-state index contributed by atoms with van der Waals surface area (Å²) in [7, 11) is 0. The molecule has 7 heteroatoms. The highest BCUT2D eigenvalue weighted by molar-refractivity contribution is 5.69. The van der Waals surface area contributed by atoms with E-state index >= 15 is 0 Å². The van der Waals surface area contributed by atoms with E-state index in [2.05, 4.69) is 18.6 Å². The summed E-state index contributed by atoms with van der Waals surface area (Å²) < 4.78 is 4.67. The SMILES string of the molecule is CCCCCCCCCCc1cc(OC(=O)O)c(O)c([N+](=O)[O-])c1CCCCCCCCCC. The first-order valence-corrected chi connectivity index (χ1v) is 13.3. The molecular formula is C27H45NO6. The molecule has 1 aromatic rings. The van der Waals surface area contributed by atoms with Gasteiger partial charge in [-0.05, 0) is 37.3 Å². The molecule has 0 fully saturated rings. The van der Waals surface area contributed by atoms with Gasteiger partial charge in [-0.15, -0.1) is 0 Å². The Morgan fingerprint density at radius 1 is 0.824 bits per heavy atom. The van der Waals surface area contributed by atoms with Crippen LogP contribution in [0.25, 0.3) is 0 Å². The van der Waals surface area contributed by atoms with Crippen LogP contribution in [0.1, 0.15) is 128 Å². The molecule has 0 unspecified atom stereocenters. The molecule has 0 radical (unpaired) electrons. The molecule has 0 spiro atoms. The van der Waals surface area contributed by atoms with E-state index in [0.717, 1.165) is 44.1 Å². The number of aromatic hydroxyl groups is 1. The van der Waals surface area contributed by atoms with Crippen molar-refractivity contribution in [1.82, 2.24) is 0 Å². The monoisotopic (exact) mass is 479 g/mol. The Morgan fingerprint density at radius 2 is 1.26 bits per heavy atom. The van der Waals surface area contributed by atoms with Crippen molar-refractivity contribution in [1.29, 1.82) is 0 Å². The van der Waals surface area contributed by atoms with Gasteiger partial charge in [-0.2, -0.15) is 0 Å². The predicted molar refractivity (Wildman–Crippen MR) is 136 cm³/mol. The van der Waals surface area contributed by atoms with Crippen LogP contribution in [-0.4, -0.2) is 21.3 Å². The van der Waals surface area contributed by atoms with Crippen molar-refractivity contribution >= 4 is 11.8 Å². The fourth-order valence-corrected chi connectivity index (χ4v) is 4.48. The molecule has 0 heterocycles. The number of nitro groups is 1. The Hall–Kier alpha value is -2.31. The zero-order chi connectivity index (χ0) is 25.2. The van der Waals surface area contributed by atoms with E-state index in [0.29, 0.717) is 18.4 Å². The molecule has 0 saturated heterocycles. The molecule has 0 aliphatic rings. The van der Waals surface area contributed by atoms with Crippen molar-refractivity contribution in [3.63, 3.8) is 0 Å². The molecule has 0 saturated carbocycles. The highest BCUT2D eigenvalue weighted by Crippen LogP contribution is 2.42. The van der Waals surface area contributed by atoms with Crippen LogP contribution >= 0.6 is 0 Å². The Morgan fingerprint density at radius 3 is 1.71 bits per heavy atom. The number of carbonyl (C=O) groups is 1. The van der Waals surface area contributed by atoms with E-state index in [9.17, 15) is 20.0 Å². The Kier molecular flexibility index (Phi) is 15.8. The maximum absolute atomic E-state index is 11.8. The van der Waals surface area contributed by atoms with Crippen LogP contribution in [0.5, 0.6) is 11.5 Å². The zero-order valence-corrected chi connectivity index (χ0v) is 21.3. The fourth-order valence-electron chi connectivity index (χ4n) is 4.48. The van der Waals surface area contributed by atoms with Gasteiger partial charge in [-0.1, -0.05) is 104 Å². The second-order valence-corrected chi connectivity index (χ2v) is 9.28. The summed E-state index contributed by atoms with van der Waals surface area (Å²) in [4.78, 5) is 22.2. The quantitative estimate of drug-likeness (QED) is 0.0636. The van der Waals surface area contributed by atoms with Crippen molar-refractivity contribution in [2.75, 3.05) is 0 Å². The number of rotatable bonds is 20. The molecule has 194 valence electrons. The predicted octanol–water partition coefficient (Wildman–Crippen LogP) is 8.72. The molecule has 1 aromatic carbocycles. The van der Waals surface area contributed by atoms with Crippen LogP contribution < -0.4 is 4.74 Å². The third kappa shape index (κ3) is 11.7. The lowest BCUT2D eigenvalue weighted by Gasteiger charge is -2.14. The lowest BCUT2D eigenvalue weighted by atomic mass is 9.93. The molecule has 0 aliphatic heterocycles. The summed E-state index contributed by atoms with van der Waals surface area (Å²) in [6.45, 7) is 4.39. The number of benzene rings is 1. The average Bonchev–Trinajstić information content (AvgIpc) is 2.79. The lowest BCUT2D eigenvalue weighted by Crippen LogP contribution is -2.08. The van der Waals surface area contributed by atoms with Crippen molar-refractivity contribution in [2.24, 2.45) is 0 Å². The number of hydrogen-bond acceptors (Lipinski definition) is 5. The number of nitrogens with zero attached hydrogens (tertiary/aromatic N) is 1. The molecular weight excluding hydrogens is 434 g/mol. The van der Waals surface area contributed by atoms with Gasteiger partial charge in [0, 0.05) is 5.56 Å². The molecule has 34 heavy (non-hydrogen) atoms. The molecule has 7 nitrogen and oxygen atoms in total. The fraction of sp³-hybridized carbons (Fsp3) is 0.741. The largest absolute Gasteiger partial charge is 0.511 e. The maximum Gasteiger partial charge on any atom is 0.511 e. The minimum atomic E-state index is -1.60. The summed E-state index contributed by atoms with van der Waals surface area (Å²) in [5.41, 5.74) is 0.833. The van der Waals surface area contributed by atoms with Crippen LogP contribution in [0.4, 0.5) is 10.5 Å². The van der Waals surface area contributed by atoms with Gasteiger partial charge in [-0.25, -0.2) is 4.79 Å². The number of hydrogen-bond donors (Lipinski definition) is 2. The number of carboxylic acid groups (broad SMARTS) is 1. The van der Waals surface area contributed by atoms with Gasteiger partial charge < -0.3 is 14.9 Å². The molecule has 0 atom stereocenters. The Bertz CT molecular complexity index is 734. The van der Waals surface area contributed by atoms with Gasteiger partial charge >= 0.3 is 11.8 Å². The summed E-state index contributed by atoms with van der Waals surface area (Å²) in [6, 6.07) is 1.48. The lowest BCUT2D eigenvalue weighted by molar-refractivity contribution is -0.386. The van der Waals surface area contributed by atoms with Crippen molar-refractivity contribution in [3.05, 3.63) is 27.3 Å². The highest BCUT2D eigenvalue weighted by Gasteiger charge is 2.28. The van der Waals surface area contributed by atoms with Crippen LogP contribution in [0, 0.1) is 10.1 Å². The molecule has 1 rings (SSSR count). The molecule has 0 aliphatic carbocycles. The van der Waals surface area contributed by atoms with Gasteiger partial charge in [0.25, 0.3) is 0 Å². The van der Waals surface area contributed by atoms with E-state index in [1.165, 1.54) is 70.3 Å². The summed E-state index contributed by atoms with van der Waals surface area (Å²) in [6.07, 6.45) is 17.7. The normalized spacial score (nSPS) is 11.0. The number of phenolic OH excluding ortho intramolecular Hbond substituents is 1. The number of ether oxygens (including phenoxy) is 1. The van der Waals surface area contributed by atoms with E-state index in [1.54, 1.807) is 0 Å². The van der Waals surface area contributed by atoms with Gasteiger partial charge in [0.05, 0.1) is 4.92 Å². The highest BCUT2D eigenvalue weighted by atomic mass is 16.7. The average molecular weight is 480 g/mol. The summed E-state index contributed by atoms with van der Waals surface area (Å²) in [5, 5.41) is 31.2. The first-order valence-electron chi connectivity index (χ1n) is 13.3. The molecule has 0 bridgehead atoms. The van der Waals surface area contributed by atoms with E-state index in [1.807, 2.05) is 0 Å². The topological polar surface area (TPSA) is 110 Å². The first kappa shape index (κ1) is 29.7. The summed E-state index contributed by atoms with van der Waals surface area (Å²) >= 11 is 0. The van der Waals surface area contributed by atoms with E-state index < -0.39 is 22.5 Å². The van der Waals surface area contributed by atoms with Crippen LogP contribution in [-0.2, 0) is 12.8 Å². The minimum Gasteiger partial charge on any atom is -0.499 e. The first-order chi connectivity index (χ1) is 16.4. The summed E-state index contributed by atoms with van der Waals surface area (Å²) in [5.74, 6) is -1.05. The van der Waals surface area contributed by atoms with Crippen LogP contribution in [0.3, 0.4) is 0 Å². The number of aryl methyl sites for hydroxylation is 1. The van der Waals surface area contributed by atoms with E-state index in [4.69, 9.17) is 5.11 Å². The smallest absolute Gasteiger partial charge is 0.499 e. The van der Waals surface area contributed by atoms with Gasteiger partial charge in [0.1, 0.15) is 0 Å². The number of phenols is 1. The van der Waals surface area contributed by atoms with Crippen molar-refractivity contribution in [3.8, 4) is 11.5 Å². The molecule has 0 amide bonds. The second-order valence-electron chi connectivity index (χ2n) is 9.28. The Balaban J connectivity index is 2.82. The Labute approximate surface area is 205 Å². The van der Waals surface area contributed by atoms with Gasteiger partial charge in [0.15, 0.2) is 5.75 Å². The van der Waals surface area contributed by atoms with E-state index in [-0.39, 0.29) is 5.75 Å². The second kappa shape index (κ2) is 18.1. The third-order valence-electron chi connectivity index (χ3n) is 6.40. The van der Waals surface area contributed by atoms with Crippen LogP contribution in [0.2, 0.25) is 0 Å². The van der Waals surface area contributed by atoms with Crippen LogP contribution in [0.15, 0.2) is 6.07 Å². The zero-order valence-electron chi connectivity index (χ0n) is 21.3. The number of nitro benzene ring substituents is 1. The van der Waals surface area contributed by atoms with Gasteiger partial charge in [0.2, 0.25) is 5.75 Å². The third-order valence-corrected chi connectivity index (χ3v) is 6.40. The molecule has 0 aromatic heterocycles. The number of unbranched alkanes of at least 4 members (excludes halogenated alkanes) is 14. The standard InChI is InChI=1S/C27H45NO6/c1-3-5-7-9-11-13-15-17-19-22-21-24(34-27(30)31)26(29)25(28(32)33)23(22)20-18-16-14-12-10-8-6-4-2/h21,29H,3-20H2,1-2H3,(H,30,31). The molecule has 2 N–H and O–H groups in total.